The highest BCUT2D eigenvalue weighted by atomic mass is 35.5. The van der Waals surface area contributed by atoms with Gasteiger partial charge in [-0.05, 0) is 30.3 Å². The first-order chi connectivity index (χ1) is 10.7. The van der Waals surface area contributed by atoms with Crippen molar-refractivity contribution in [3.8, 4) is 6.07 Å². The summed E-state index contributed by atoms with van der Waals surface area (Å²) in [6, 6.07) is 13.9. The van der Waals surface area contributed by atoms with Crippen LogP contribution in [-0.4, -0.2) is 15.9 Å². The lowest BCUT2D eigenvalue weighted by atomic mass is 10.2. The van der Waals surface area contributed by atoms with Gasteiger partial charge in [0.15, 0.2) is 0 Å². The van der Waals surface area contributed by atoms with Gasteiger partial charge in [0.2, 0.25) is 0 Å². The highest BCUT2D eigenvalue weighted by molar-refractivity contribution is 6.32. The van der Waals surface area contributed by atoms with Crippen molar-refractivity contribution in [3.63, 3.8) is 0 Å². The summed E-state index contributed by atoms with van der Waals surface area (Å²) in [5, 5.41) is 11.8. The molecule has 2 aromatic carbocycles. The second kappa shape index (κ2) is 5.80. The minimum atomic E-state index is -0.390. The van der Waals surface area contributed by atoms with E-state index in [-0.39, 0.29) is 16.6 Å². The van der Waals surface area contributed by atoms with Crippen molar-refractivity contribution in [2.75, 3.05) is 5.32 Å². The number of aromatic nitrogens is 2. The van der Waals surface area contributed by atoms with Crippen LogP contribution in [0.4, 0.5) is 5.69 Å². The second-order valence-corrected chi connectivity index (χ2v) is 4.91. The zero-order chi connectivity index (χ0) is 15.5. The highest BCUT2D eigenvalue weighted by Gasteiger charge is 2.10. The number of anilines is 1. The number of hydrogen-bond acceptors (Lipinski definition) is 4. The Hall–Kier alpha value is -2.97. The summed E-state index contributed by atoms with van der Waals surface area (Å²) in [7, 11) is 0. The van der Waals surface area contributed by atoms with Gasteiger partial charge in [-0.1, -0.05) is 23.7 Å². The van der Waals surface area contributed by atoms with Crippen LogP contribution in [0.15, 0.2) is 48.7 Å². The molecule has 106 valence electrons. The number of carbonyl (C=O) groups excluding carboxylic acids is 1. The van der Waals surface area contributed by atoms with E-state index in [2.05, 4.69) is 15.3 Å². The van der Waals surface area contributed by atoms with Gasteiger partial charge in [-0.15, -0.1) is 0 Å². The Morgan fingerprint density at radius 1 is 1.18 bits per heavy atom. The predicted octanol–water partition coefficient (Wildman–Crippen LogP) is 3.41. The van der Waals surface area contributed by atoms with E-state index in [0.717, 1.165) is 5.52 Å². The lowest BCUT2D eigenvalue weighted by Crippen LogP contribution is -2.14. The van der Waals surface area contributed by atoms with Gasteiger partial charge in [0.1, 0.15) is 11.8 Å². The zero-order valence-corrected chi connectivity index (χ0v) is 12.0. The Bertz CT molecular complexity index is 917. The molecule has 0 radical (unpaired) electrons. The third-order valence-corrected chi connectivity index (χ3v) is 3.34. The molecule has 3 aromatic rings. The van der Waals surface area contributed by atoms with Crippen molar-refractivity contribution in [2.45, 2.75) is 0 Å². The fourth-order valence-electron chi connectivity index (χ4n) is 1.95. The summed E-state index contributed by atoms with van der Waals surface area (Å²) in [6.45, 7) is 0. The molecule has 0 saturated carbocycles. The normalized spacial score (nSPS) is 10.2. The van der Waals surface area contributed by atoms with E-state index in [1.807, 2.05) is 24.3 Å². The maximum atomic E-state index is 12.2. The van der Waals surface area contributed by atoms with Gasteiger partial charge in [0, 0.05) is 5.69 Å². The molecule has 0 bridgehead atoms. The van der Waals surface area contributed by atoms with E-state index >= 15 is 0 Å². The molecule has 5 nitrogen and oxygen atoms in total. The fourth-order valence-corrected chi connectivity index (χ4v) is 2.17. The lowest BCUT2D eigenvalue weighted by Gasteiger charge is -2.06. The van der Waals surface area contributed by atoms with Crippen LogP contribution in [0.25, 0.3) is 11.0 Å². The van der Waals surface area contributed by atoms with Gasteiger partial charge < -0.3 is 5.32 Å². The van der Waals surface area contributed by atoms with Crippen LogP contribution in [0.2, 0.25) is 5.02 Å². The molecule has 0 aliphatic heterocycles. The molecule has 22 heavy (non-hydrogen) atoms. The average molecular weight is 309 g/mol. The number of halogens is 1. The number of nitrogens with zero attached hydrogens (tertiary/aromatic N) is 3. The number of carbonyl (C=O) groups is 1. The van der Waals surface area contributed by atoms with Crippen LogP contribution < -0.4 is 5.32 Å². The Balaban J connectivity index is 1.87. The number of para-hydroxylation sites is 2. The van der Waals surface area contributed by atoms with E-state index < -0.39 is 0 Å². The van der Waals surface area contributed by atoms with Crippen molar-refractivity contribution in [2.24, 2.45) is 0 Å². The number of benzene rings is 2. The van der Waals surface area contributed by atoms with E-state index in [0.29, 0.717) is 16.8 Å². The molecule has 1 aromatic heterocycles. The SMILES string of the molecule is N#Cc1ccc(NC(=O)c2cnc3ccccc3n2)cc1Cl. The minimum absolute atomic E-state index is 0.208. The van der Waals surface area contributed by atoms with E-state index in [1.54, 1.807) is 18.2 Å². The van der Waals surface area contributed by atoms with Gasteiger partial charge in [-0.3, -0.25) is 9.78 Å². The first kappa shape index (κ1) is 14.0. The van der Waals surface area contributed by atoms with Gasteiger partial charge in [0.25, 0.3) is 5.91 Å². The number of fused-ring (bicyclic) bond motifs is 1. The highest BCUT2D eigenvalue weighted by Crippen LogP contribution is 2.20. The smallest absolute Gasteiger partial charge is 0.275 e. The van der Waals surface area contributed by atoms with Crippen molar-refractivity contribution < 1.29 is 4.79 Å². The largest absolute Gasteiger partial charge is 0.321 e. The first-order valence-corrected chi connectivity index (χ1v) is 6.78. The molecular weight excluding hydrogens is 300 g/mol. The Labute approximate surface area is 131 Å². The van der Waals surface area contributed by atoms with Crippen molar-refractivity contribution in [1.29, 1.82) is 5.26 Å². The molecule has 0 unspecified atom stereocenters. The molecule has 1 heterocycles. The van der Waals surface area contributed by atoms with E-state index in [1.165, 1.54) is 12.3 Å². The topological polar surface area (TPSA) is 78.7 Å². The van der Waals surface area contributed by atoms with E-state index in [9.17, 15) is 4.79 Å². The minimum Gasteiger partial charge on any atom is -0.321 e. The summed E-state index contributed by atoms with van der Waals surface area (Å²) in [6.07, 6.45) is 1.42. The number of hydrogen-bond donors (Lipinski definition) is 1. The van der Waals surface area contributed by atoms with E-state index in [4.69, 9.17) is 16.9 Å². The van der Waals surface area contributed by atoms with Crippen LogP contribution in [0.5, 0.6) is 0 Å². The third kappa shape index (κ3) is 2.73. The van der Waals surface area contributed by atoms with Gasteiger partial charge in [-0.2, -0.15) is 5.26 Å². The predicted molar refractivity (Wildman–Crippen MR) is 83.7 cm³/mol. The average Bonchev–Trinajstić information content (AvgIpc) is 2.54. The standard InChI is InChI=1S/C16H9ClN4O/c17-12-7-11(6-5-10(12)8-18)20-16(22)15-9-19-13-3-1-2-4-14(13)21-15/h1-7,9H,(H,20,22). The van der Waals surface area contributed by atoms with Crippen molar-refractivity contribution in [1.82, 2.24) is 9.97 Å². The maximum absolute atomic E-state index is 12.2. The maximum Gasteiger partial charge on any atom is 0.275 e. The summed E-state index contributed by atoms with van der Waals surface area (Å²) < 4.78 is 0. The Morgan fingerprint density at radius 3 is 2.68 bits per heavy atom. The Kier molecular flexibility index (Phi) is 3.69. The number of nitriles is 1. The van der Waals surface area contributed by atoms with Gasteiger partial charge >= 0.3 is 0 Å². The molecule has 6 heteroatoms. The van der Waals surface area contributed by atoms with Crippen molar-refractivity contribution in [3.05, 3.63) is 64.9 Å². The van der Waals surface area contributed by atoms with Gasteiger partial charge in [0.05, 0.1) is 27.8 Å². The first-order valence-electron chi connectivity index (χ1n) is 6.40. The molecule has 0 saturated heterocycles. The summed E-state index contributed by atoms with van der Waals surface area (Å²) >= 11 is 5.94. The third-order valence-electron chi connectivity index (χ3n) is 3.03. The summed E-state index contributed by atoms with van der Waals surface area (Å²) in [5.74, 6) is -0.390. The zero-order valence-electron chi connectivity index (χ0n) is 11.2. The summed E-state index contributed by atoms with van der Waals surface area (Å²) in [4.78, 5) is 20.7. The number of amides is 1. The quantitative estimate of drug-likeness (QED) is 0.787. The number of rotatable bonds is 2. The van der Waals surface area contributed by atoms with Crippen LogP contribution in [0.1, 0.15) is 16.1 Å². The van der Waals surface area contributed by atoms with Crippen molar-refractivity contribution >= 4 is 34.2 Å². The molecule has 1 amide bonds. The molecule has 0 atom stereocenters. The molecule has 1 N–H and O–H groups in total. The van der Waals surface area contributed by atoms with Crippen LogP contribution >= 0.6 is 11.6 Å². The molecule has 0 spiro atoms. The van der Waals surface area contributed by atoms with Crippen LogP contribution in [0, 0.1) is 11.3 Å². The molecule has 0 aliphatic rings. The molecular formula is C16H9ClN4O. The monoisotopic (exact) mass is 308 g/mol. The molecule has 0 fully saturated rings. The Morgan fingerprint density at radius 2 is 1.95 bits per heavy atom. The number of nitrogens with one attached hydrogen (secondary N) is 1. The van der Waals surface area contributed by atoms with Crippen LogP contribution in [-0.2, 0) is 0 Å². The van der Waals surface area contributed by atoms with Gasteiger partial charge in [-0.25, -0.2) is 4.98 Å². The van der Waals surface area contributed by atoms with Crippen LogP contribution in [0.3, 0.4) is 0 Å². The lowest BCUT2D eigenvalue weighted by molar-refractivity contribution is 0.102. The fraction of sp³-hybridized carbons (Fsp3) is 0. The molecule has 3 rings (SSSR count). The summed E-state index contributed by atoms with van der Waals surface area (Å²) in [5.41, 5.74) is 2.42. The molecule has 0 aliphatic carbocycles. The second-order valence-electron chi connectivity index (χ2n) is 4.50.